The van der Waals surface area contributed by atoms with Gasteiger partial charge in [0.25, 0.3) is 0 Å². The molecular weight excluding hydrogens is 600 g/mol. The van der Waals surface area contributed by atoms with Gasteiger partial charge in [0.2, 0.25) is 0 Å². The summed E-state index contributed by atoms with van der Waals surface area (Å²) >= 11 is 0. The molecule has 0 N–H and O–H groups in total. The number of aryl methyl sites for hydroxylation is 1. The maximum absolute atomic E-state index is 15.0. The third kappa shape index (κ3) is 11.8. The first kappa shape index (κ1) is 36.6. The molecule has 0 spiro atoms. The van der Waals surface area contributed by atoms with Gasteiger partial charge in [-0.1, -0.05) is 108 Å². The SMILES string of the molecule is CCCCCCCCCCc1cnc(-c2ccccc2)nc1C(=O)Oc1ccc(C(=O)OC(CCCCCC)C(F)(F)F)c(F)c1. The molecule has 0 fully saturated rings. The van der Waals surface area contributed by atoms with Crippen molar-refractivity contribution in [2.45, 2.75) is 116 Å². The zero-order valence-corrected chi connectivity index (χ0v) is 26.7. The van der Waals surface area contributed by atoms with Gasteiger partial charge in [-0.25, -0.2) is 23.9 Å². The predicted molar refractivity (Wildman–Crippen MR) is 169 cm³/mol. The Hall–Kier alpha value is -3.82. The Morgan fingerprint density at radius 3 is 2.07 bits per heavy atom. The molecule has 46 heavy (non-hydrogen) atoms. The van der Waals surface area contributed by atoms with Gasteiger partial charge in [0.15, 0.2) is 17.6 Å². The highest BCUT2D eigenvalue weighted by Crippen LogP contribution is 2.29. The second-order valence-corrected chi connectivity index (χ2v) is 11.5. The molecule has 3 aromatic rings. The molecule has 2 aromatic carbocycles. The van der Waals surface area contributed by atoms with Crippen molar-refractivity contribution in [2.24, 2.45) is 0 Å². The second-order valence-electron chi connectivity index (χ2n) is 11.5. The summed E-state index contributed by atoms with van der Waals surface area (Å²) in [6.07, 6.45) is 5.93. The fourth-order valence-corrected chi connectivity index (χ4v) is 5.06. The highest BCUT2D eigenvalue weighted by atomic mass is 19.4. The third-order valence-corrected chi connectivity index (χ3v) is 7.69. The highest BCUT2D eigenvalue weighted by molar-refractivity contribution is 5.92. The van der Waals surface area contributed by atoms with Crippen molar-refractivity contribution in [3.05, 3.63) is 77.4 Å². The largest absolute Gasteiger partial charge is 0.449 e. The quantitative estimate of drug-likeness (QED) is 0.0559. The lowest BCUT2D eigenvalue weighted by atomic mass is 10.0. The van der Waals surface area contributed by atoms with Crippen molar-refractivity contribution in [3.63, 3.8) is 0 Å². The first-order chi connectivity index (χ1) is 22.1. The molecule has 0 saturated carbocycles. The smallest absolute Gasteiger partial charge is 0.425 e. The molecule has 10 heteroatoms. The van der Waals surface area contributed by atoms with Crippen LogP contribution in [0.1, 0.15) is 124 Å². The Labute approximate surface area is 268 Å². The van der Waals surface area contributed by atoms with E-state index in [0.717, 1.165) is 56.7 Å². The molecule has 0 amide bonds. The normalized spacial score (nSPS) is 12.1. The third-order valence-electron chi connectivity index (χ3n) is 7.69. The number of nitrogens with zero attached hydrogens (tertiary/aromatic N) is 2. The predicted octanol–water partition coefficient (Wildman–Crippen LogP) is 10.2. The Bertz CT molecular complexity index is 1380. The molecule has 0 aliphatic carbocycles. The summed E-state index contributed by atoms with van der Waals surface area (Å²) in [6, 6.07) is 12.0. The van der Waals surface area contributed by atoms with Crippen molar-refractivity contribution >= 4 is 11.9 Å². The molecule has 0 saturated heterocycles. The van der Waals surface area contributed by atoms with Gasteiger partial charge in [0.1, 0.15) is 11.6 Å². The number of carbonyl (C=O) groups is 2. The van der Waals surface area contributed by atoms with E-state index >= 15 is 0 Å². The standard InChI is InChI=1S/C36H44F4N2O4/c1-3-5-7-9-10-11-12-14-20-27-25-41-33(26-18-15-13-16-19-26)42-32(27)35(44)45-28-22-23-29(30(37)24-28)34(43)46-31(36(38,39)40)21-17-8-6-4-2/h13,15-16,18-19,22-25,31H,3-12,14,17,20-21H2,1-2H3. The summed E-state index contributed by atoms with van der Waals surface area (Å²) in [4.78, 5) is 34.8. The molecule has 1 aromatic heterocycles. The number of hydrogen-bond donors (Lipinski definition) is 0. The Kier molecular flexibility index (Phi) is 15.1. The molecule has 6 nitrogen and oxygen atoms in total. The second kappa shape index (κ2) is 19.0. The first-order valence-electron chi connectivity index (χ1n) is 16.3. The van der Waals surface area contributed by atoms with E-state index in [9.17, 15) is 27.2 Å². The van der Waals surface area contributed by atoms with E-state index in [1.54, 1.807) is 6.20 Å². The average Bonchev–Trinajstić information content (AvgIpc) is 3.03. The van der Waals surface area contributed by atoms with E-state index in [-0.39, 0.29) is 17.9 Å². The van der Waals surface area contributed by atoms with Crippen LogP contribution in [0.2, 0.25) is 0 Å². The molecular formula is C36H44F4N2O4. The van der Waals surface area contributed by atoms with Crippen LogP contribution in [-0.4, -0.2) is 34.2 Å². The summed E-state index contributed by atoms with van der Waals surface area (Å²) in [5, 5.41) is 0. The van der Waals surface area contributed by atoms with Gasteiger partial charge in [-0.15, -0.1) is 0 Å². The number of alkyl halides is 3. The van der Waals surface area contributed by atoms with E-state index in [0.29, 0.717) is 29.8 Å². The maximum atomic E-state index is 15.0. The number of esters is 2. The Morgan fingerprint density at radius 1 is 0.804 bits per heavy atom. The highest BCUT2D eigenvalue weighted by Gasteiger charge is 2.42. The van der Waals surface area contributed by atoms with Crippen molar-refractivity contribution in [1.29, 1.82) is 0 Å². The van der Waals surface area contributed by atoms with Crippen molar-refractivity contribution in [3.8, 4) is 17.1 Å². The van der Waals surface area contributed by atoms with E-state index in [1.165, 1.54) is 25.7 Å². The number of unbranched alkanes of at least 4 members (excludes halogenated alkanes) is 10. The van der Waals surface area contributed by atoms with Crippen LogP contribution in [0.4, 0.5) is 17.6 Å². The summed E-state index contributed by atoms with van der Waals surface area (Å²) in [5.41, 5.74) is 0.642. The van der Waals surface area contributed by atoms with Crippen molar-refractivity contribution in [1.82, 2.24) is 9.97 Å². The molecule has 1 unspecified atom stereocenters. The van der Waals surface area contributed by atoms with Gasteiger partial charge in [-0.3, -0.25) is 0 Å². The molecule has 3 rings (SSSR count). The van der Waals surface area contributed by atoms with E-state index < -0.39 is 42.0 Å². The lowest BCUT2D eigenvalue weighted by Crippen LogP contribution is -2.34. The molecule has 1 atom stereocenters. The zero-order chi connectivity index (χ0) is 33.4. The molecule has 0 aliphatic rings. The van der Waals surface area contributed by atoms with Crippen LogP contribution in [0.5, 0.6) is 5.75 Å². The van der Waals surface area contributed by atoms with Gasteiger partial charge >= 0.3 is 18.1 Å². The van der Waals surface area contributed by atoms with Gasteiger partial charge in [0, 0.05) is 23.4 Å². The average molecular weight is 645 g/mol. The maximum Gasteiger partial charge on any atom is 0.425 e. The zero-order valence-electron chi connectivity index (χ0n) is 26.7. The monoisotopic (exact) mass is 644 g/mol. The van der Waals surface area contributed by atoms with Crippen LogP contribution >= 0.6 is 0 Å². The summed E-state index contributed by atoms with van der Waals surface area (Å²) in [6.45, 7) is 4.11. The minimum absolute atomic E-state index is 0.0387. The number of aromatic nitrogens is 2. The lowest BCUT2D eigenvalue weighted by Gasteiger charge is -2.21. The number of benzene rings is 2. The van der Waals surface area contributed by atoms with Crippen LogP contribution in [-0.2, 0) is 11.2 Å². The fraction of sp³-hybridized carbons (Fsp3) is 0.500. The number of carbonyl (C=O) groups excluding carboxylic acids is 2. The van der Waals surface area contributed by atoms with E-state index in [1.807, 2.05) is 37.3 Å². The van der Waals surface area contributed by atoms with Crippen LogP contribution in [0, 0.1) is 5.82 Å². The lowest BCUT2D eigenvalue weighted by molar-refractivity contribution is -0.206. The Morgan fingerprint density at radius 2 is 1.43 bits per heavy atom. The van der Waals surface area contributed by atoms with Crippen molar-refractivity contribution < 1.29 is 36.6 Å². The summed E-state index contributed by atoms with van der Waals surface area (Å²) < 4.78 is 65.5. The minimum Gasteiger partial charge on any atom is -0.449 e. The molecule has 0 bridgehead atoms. The summed E-state index contributed by atoms with van der Waals surface area (Å²) in [5.74, 6) is -3.36. The van der Waals surface area contributed by atoms with Crippen LogP contribution < -0.4 is 4.74 Å². The van der Waals surface area contributed by atoms with Gasteiger partial charge in [-0.2, -0.15) is 13.2 Å². The molecule has 0 radical (unpaired) electrons. The van der Waals surface area contributed by atoms with Gasteiger partial charge in [0.05, 0.1) is 5.56 Å². The van der Waals surface area contributed by atoms with Crippen molar-refractivity contribution in [2.75, 3.05) is 0 Å². The van der Waals surface area contributed by atoms with Crippen LogP contribution in [0.3, 0.4) is 0 Å². The fourth-order valence-electron chi connectivity index (χ4n) is 5.06. The molecule has 0 aliphatic heterocycles. The van der Waals surface area contributed by atoms with Crippen LogP contribution in [0.25, 0.3) is 11.4 Å². The van der Waals surface area contributed by atoms with E-state index in [2.05, 4.69) is 21.6 Å². The number of halogens is 4. The van der Waals surface area contributed by atoms with Crippen LogP contribution in [0.15, 0.2) is 54.7 Å². The topological polar surface area (TPSA) is 78.4 Å². The Balaban J connectivity index is 1.71. The van der Waals surface area contributed by atoms with Gasteiger partial charge < -0.3 is 9.47 Å². The molecule has 1 heterocycles. The number of ether oxygens (including phenoxy) is 2. The molecule has 250 valence electrons. The summed E-state index contributed by atoms with van der Waals surface area (Å²) in [7, 11) is 0. The van der Waals surface area contributed by atoms with Gasteiger partial charge in [-0.05, 0) is 37.8 Å². The number of rotatable bonds is 19. The number of hydrogen-bond acceptors (Lipinski definition) is 6. The first-order valence-corrected chi connectivity index (χ1v) is 16.3. The minimum atomic E-state index is -4.78. The van der Waals surface area contributed by atoms with E-state index in [4.69, 9.17) is 4.74 Å².